The van der Waals surface area contributed by atoms with Gasteiger partial charge >= 0.3 is 12.1 Å². The second kappa shape index (κ2) is 10.5. The van der Waals surface area contributed by atoms with Crippen LogP contribution < -0.4 is 10.6 Å². The highest BCUT2D eigenvalue weighted by Gasteiger charge is 2.28. The molecule has 2 atom stereocenters. The Balaban J connectivity index is 4.73. The van der Waals surface area contributed by atoms with E-state index in [1.54, 1.807) is 27.7 Å². The normalized spacial score (nSPS) is 13.0. The van der Waals surface area contributed by atoms with E-state index in [2.05, 4.69) is 21.9 Å². The number of carbonyl (C=O) groups excluding carboxylic acids is 4. The molecule has 2 N–H and O–H groups in total. The first-order valence-corrected chi connectivity index (χ1v) is 8.63. The quantitative estimate of drug-likeness (QED) is 0.479. The monoisotopic (exact) mass is 385 g/mol. The highest BCUT2D eigenvalue weighted by atomic mass is 16.6. The molecule has 0 aliphatic rings. The highest BCUT2D eigenvalue weighted by Crippen LogP contribution is 2.10. The number of nitrogens with one attached hydrogen (secondary N) is 2. The Morgan fingerprint density at radius 1 is 1.19 bits per heavy atom. The third kappa shape index (κ3) is 9.07. The number of rotatable bonds is 8. The van der Waals surface area contributed by atoms with E-state index in [1.165, 1.54) is 14.2 Å². The van der Waals surface area contributed by atoms with Gasteiger partial charge in [-0.2, -0.15) is 0 Å². The molecule has 0 aromatic heterocycles. The molecule has 27 heavy (non-hydrogen) atoms. The van der Waals surface area contributed by atoms with Gasteiger partial charge in [-0.1, -0.05) is 26.8 Å². The SMILES string of the molecule is C=C(NC(=O)CN(C)C(=O)OC(C)(C)C)C(=O)NC(C(=O)OC)[C@@H](C)CC. The molecule has 0 aromatic rings. The predicted molar refractivity (Wildman–Crippen MR) is 99.5 cm³/mol. The van der Waals surface area contributed by atoms with Crippen LogP contribution in [0.4, 0.5) is 4.79 Å². The molecule has 0 spiro atoms. The fourth-order valence-electron chi connectivity index (χ4n) is 1.91. The van der Waals surface area contributed by atoms with Gasteiger partial charge < -0.3 is 25.0 Å². The van der Waals surface area contributed by atoms with Crippen LogP contribution in [0.1, 0.15) is 41.0 Å². The van der Waals surface area contributed by atoms with Crippen molar-refractivity contribution in [2.45, 2.75) is 52.7 Å². The minimum atomic E-state index is -0.856. The van der Waals surface area contributed by atoms with E-state index in [0.29, 0.717) is 6.42 Å². The van der Waals surface area contributed by atoms with Gasteiger partial charge in [0.15, 0.2) is 0 Å². The number of methoxy groups -OCH3 is 1. The van der Waals surface area contributed by atoms with E-state index in [4.69, 9.17) is 4.74 Å². The predicted octanol–water partition coefficient (Wildman–Crippen LogP) is 1.19. The molecule has 154 valence electrons. The molecule has 0 aromatic carbocycles. The summed E-state index contributed by atoms with van der Waals surface area (Å²) in [6.45, 7) is 12.0. The lowest BCUT2D eigenvalue weighted by Crippen LogP contribution is -2.48. The Hall–Kier alpha value is -2.58. The smallest absolute Gasteiger partial charge is 0.410 e. The van der Waals surface area contributed by atoms with Crippen LogP contribution in [-0.2, 0) is 23.9 Å². The molecule has 0 aliphatic carbocycles. The Kier molecular flexibility index (Phi) is 9.53. The van der Waals surface area contributed by atoms with Gasteiger partial charge in [0.05, 0.1) is 12.8 Å². The maximum atomic E-state index is 12.2. The number of nitrogens with zero attached hydrogens (tertiary/aromatic N) is 1. The summed E-state index contributed by atoms with van der Waals surface area (Å²) in [7, 11) is 2.62. The summed E-state index contributed by atoms with van der Waals surface area (Å²) in [5, 5.41) is 4.80. The molecule has 0 saturated carbocycles. The summed E-state index contributed by atoms with van der Waals surface area (Å²) in [4.78, 5) is 48.9. The third-order valence-electron chi connectivity index (χ3n) is 3.61. The number of ether oxygens (including phenoxy) is 2. The van der Waals surface area contributed by atoms with Gasteiger partial charge in [-0.05, 0) is 26.7 Å². The number of carbonyl (C=O) groups is 4. The summed E-state index contributed by atoms with van der Waals surface area (Å²) in [6, 6.07) is -0.856. The Morgan fingerprint density at radius 3 is 2.19 bits per heavy atom. The fourth-order valence-corrected chi connectivity index (χ4v) is 1.91. The van der Waals surface area contributed by atoms with Crippen LogP contribution in [-0.4, -0.2) is 61.1 Å². The van der Waals surface area contributed by atoms with Gasteiger partial charge in [0.2, 0.25) is 5.91 Å². The van der Waals surface area contributed by atoms with Gasteiger partial charge in [0, 0.05) is 7.05 Å². The average Bonchev–Trinajstić information content (AvgIpc) is 2.56. The fraction of sp³-hybridized carbons (Fsp3) is 0.667. The van der Waals surface area contributed by atoms with Crippen LogP contribution in [0, 0.1) is 5.92 Å². The molecular formula is C18H31N3O6. The Labute approximate surface area is 160 Å². The number of amides is 3. The Morgan fingerprint density at radius 2 is 1.74 bits per heavy atom. The van der Waals surface area contributed by atoms with Gasteiger partial charge in [-0.25, -0.2) is 9.59 Å². The number of likely N-dealkylation sites (N-methyl/N-ethyl adjacent to an activating group) is 1. The number of hydrogen-bond donors (Lipinski definition) is 2. The van der Waals surface area contributed by atoms with Crippen LogP contribution in [0.5, 0.6) is 0 Å². The molecule has 0 rings (SSSR count). The summed E-state index contributed by atoms with van der Waals surface area (Å²) >= 11 is 0. The molecule has 0 fully saturated rings. The molecule has 1 unspecified atom stereocenters. The zero-order valence-electron chi connectivity index (χ0n) is 17.2. The van der Waals surface area contributed by atoms with Crippen molar-refractivity contribution in [2.75, 3.05) is 20.7 Å². The minimum absolute atomic E-state index is 0.164. The first kappa shape index (κ1) is 24.4. The second-order valence-electron chi connectivity index (χ2n) is 7.22. The van der Waals surface area contributed by atoms with Gasteiger partial charge in [0.25, 0.3) is 5.91 Å². The standard InChI is InChI=1S/C18H31N3O6/c1-9-11(2)14(16(24)26-8)20-15(23)12(3)19-13(22)10-21(7)17(25)27-18(4,5)6/h11,14H,3,9-10H2,1-2,4-8H3,(H,19,22)(H,20,23)/t11-,14?/m0/s1. The zero-order valence-corrected chi connectivity index (χ0v) is 17.2. The molecular weight excluding hydrogens is 354 g/mol. The van der Waals surface area contributed by atoms with Crippen LogP contribution in [0.15, 0.2) is 12.3 Å². The maximum absolute atomic E-state index is 12.2. The first-order valence-electron chi connectivity index (χ1n) is 8.63. The first-order chi connectivity index (χ1) is 12.3. The van der Waals surface area contributed by atoms with Crippen molar-refractivity contribution < 1.29 is 28.7 Å². The molecule has 0 aliphatic heterocycles. The van der Waals surface area contributed by atoms with E-state index in [-0.39, 0.29) is 18.2 Å². The topological polar surface area (TPSA) is 114 Å². The van der Waals surface area contributed by atoms with E-state index in [9.17, 15) is 19.2 Å². The molecule has 0 heterocycles. The van der Waals surface area contributed by atoms with Crippen LogP contribution >= 0.6 is 0 Å². The van der Waals surface area contributed by atoms with Crippen molar-refractivity contribution >= 4 is 23.9 Å². The zero-order chi connectivity index (χ0) is 21.4. The summed E-state index contributed by atoms with van der Waals surface area (Å²) in [5.41, 5.74) is -0.931. The van der Waals surface area contributed by atoms with Crippen LogP contribution in [0.3, 0.4) is 0 Å². The second-order valence-corrected chi connectivity index (χ2v) is 7.22. The van der Waals surface area contributed by atoms with Crippen molar-refractivity contribution in [1.82, 2.24) is 15.5 Å². The molecule has 0 bridgehead atoms. The summed E-state index contributed by atoms with van der Waals surface area (Å²) in [5.74, 6) is -2.08. The van der Waals surface area contributed by atoms with E-state index < -0.39 is 35.5 Å². The van der Waals surface area contributed by atoms with Crippen molar-refractivity contribution in [2.24, 2.45) is 5.92 Å². The van der Waals surface area contributed by atoms with Crippen molar-refractivity contribution in [3.63, 3.8) is 0 Å². The van der Waals surface area contributed by atoms with Gasteiger partial charge in [-0.3, -0.25) is 9.59 Å². The largest absolute Gasteiger partial charge is 0.467 e. The molecule has 0 radical (unpaired) electrons. The number of esters is 1. The van der Waals surface area contributed by atoms with Gasteiger partial charge in [0.1, 0.15) is 18.2 Å². The highest BCUT2D eigenvalue weighted by molar-refractivity contribution is 5.99. The summed E-state index contributed by atoms with van der Waals surface area (Å²) < 4.78 is 9.82. The lowest BCUT2D eigenvalue weighted by Gasteiger charge is -2.24. The molecule has 9 nitrogen and oxygen atoms in total. The summed E-state index contributed by atoms with van der Waals surface area (Å²) in [6.07, 6.45) is -0.0326. The number of hydrogen-bond acceptors (Lipinski definition) is 6. The Bertz CT molecular complexity index is 582. The minimum Gasteiger partial charge on any atom is -0.467 e. The van der Waals surface area contributed by atoms with Crippen molar-refractivity contribution in [3.8, 4) is 0 Å². The molecule has 9 heteroatoms. The van der Waals surface area contributed by atoms with E-state index >= 15 is 0 Å². The van der Waals surface area contributed by atoms with Crippen LogP contribution in [0.2, 0.25) is 0 Å². The van der Waals surface area contributed by atoms with E-state index in [1.807, 2.05) is 6.92 Å². The third-order valence-corrected chi connectivity index (χ3v) is 3.61. The van der Waals surface area contributed by atoms with Crippen molar-refractivity contribution in [1.29, 1.82) is 0 Å². The van der Waals surface area contributed by atoms with Crippen molar-refractivity contribution in [3.05, 3.63) is 12.3 Å². The van der Waals surface area contributed by atoms with E-state index in [0.717, 1.165) is 4.90 Å². The lowest BCUT2D eigenvalue weighted by atomic mass is 9.99. The average molecular weight is 385 g/mol. The molecule has 0 saturated heterocycles. The van der Waals surface area contributed by atoms with Crippen LogP contribution in [0.25, 0.3) is 0 Å². The van der Waals surface area contributed by atoms with Gasteiger partial charge in [-0.15, -0.1) is 0 Å². The lowest BCUT2D eigenvalue weighted by molar-refractivity contribution is -0.146. The maximum Gasteiger partial charge on any atom is 0.410 e. The molecule has 3 amide bonds.